The Balaban J connectivity index is 2.03. The molecule has 2 amide bonds. The fourth-order valence-corrected chi connectivity index (χ4v) is 3.65. The lowest BCUT2D eigenvalue weighted by atomic mass is 10.0. The maximum absolute atomic E-state index is 12.7. The third kappa shape index (κ3) is 12.7. The Labute approximate surface area is 228 Å². The highest BCUT2D eigenvalue weighted by Gasteiger charge is 2.23. The number of hydrogen-bond donors (Lipinski definition) is 3. The first kappa shape index (κ1) is 31.0. The molecule has 9 nitrogen and oxygen atoms in total. The molecule has 0 bridgehead atoms. The quantitative estimate of drug-likeness (QED) is 0.235. The lowest BCUT2D eigenvalue weighted by molar-refractivity contribution is -0.138. The van der Waals surface area contributed by atoms with Crippen LogP contribution in [0.4, 0.5) is 0 Å². The van der Waals surface area contributed by atoms with E-state index in [2.05, 4.69) is 10.6 Å². The van der Waals surface area contributed by atoms with E-state index >= 15 is 0 Å². The van der Waals surface area contributed by atoms with Gasteiger partial charge in [0.2, 0.25) is 11.8 Å². The zero-order valence-electron chi connectivity index (χ0n) is 22.2. The number of carbonyl (C=O) groups is 4. The second-order valence-electron chi connectivity index (χ2n) is 8.61. The summed E-state index contributed by atoms with van der Waals surface area (Å²) in [6.07, 6.45) is 4.10. The summed E-state index contributed by atoms with van der Waals surface area (Å²) in [5.74, 6) is -2.43. The first-order valence-electron chi connectivity index (χ1n) is 12.9. The van der Waals surface area contributed by atoms with Crippen LogP contribution in [0.1, 0.15) is 31.4 Å². The molecule has 0 aliphatic rings. The topological polar surface area (TPSA) is 131 Å². The summed E-state index contributed by atoms with van der Waals surface area (Å²) >= 11 is 0. The normalized spacial score (nSPS) is 13.4. The lowest BCUT2D eigenvalue weighted by Gasteiger charge is -2.19. The molecule has 0 fully saturated rings. The van der Waals surface area contributed by atoms with Gasteiger partial charge in [-0.2, -0.15) is 0 Å². The summed E-state index contributed by atoms with van der Waals surface area (Å²) in [5.41, 5.74) is 1.83. The van der Waals surface area contributed by atoms with Crippen LogP contribution in [0.25, 0.3) is 0 Å². The van der Waals surface area contributed by atoms with E-state index in [-0.39, 0.29) is 13.2 Å². The molecular formula is C30H36N2O7. The van der Waals surface area contributed by atoms with E-state index in [0.29, 0.717) is 12.8 Å². The number of amides is 2. The number of hydrogen-bond acceptors (Lipinski definition) is 7. The molecule has 2 rings (SSSR count). The molecule has 9 heteroatoms. The van der Waals surface area contributed by atoms with Gasteiger partial charge in [0.05, 0.1) is 31.7 Å². The van der Waals surface area contributed by atoms with Gasteiger partial charge in [-0.25, -0.2) is 9.59 Å². The van der Waals surface area contributed by atoms with Gasteiger partial charge < -0.3 is 25.2 Å². The molecule has 2 aromatic rings. The molecule has 208 valence electrons. The Morgan fingerprint density at radius 3 is 1.62 bits per heavy atom. The summed E-state index contributed by atoms with van der Waals surface area (Å²) in [7, 11) is 0. The lowest BCUT2D eigenvalue weighted by Crippen LogP contribution is -2.44. The van der Waals surface area contributed by atoms with Crippen LogP contribution in [-0.4, -0.2) is 60.3 Å². The average molecular weight is 537 g/mol. The van der Waals surface area contributed by atoms with Gasteiger partial charge >= 0.3 is 11.9 Å². The standard InChI is InChI=1S/C30H36N2O7/c1-3-38-28(35)17-15-24(19-22-11-7-5-8-12-22)31-27(34)21-26(33)30(37)32-25(16-18-29(36)39-4-2)20-23-13-9-6-10-14-23/h5-18,24-26,33H,3-4,19-21H2,1-2H3,(H,31,34)(H,32,37)/b17-15+,18-16+/t24-,25+,26+/m1/s1. The van der Waals surface area contributed by atoms with Gasteiger partial charge in [0.1, 0.15) is 6.10 Å². The number of aliphatic hydroxyl groups excluding tert-OH is 1. The molecule has 0 aliphatic carbocycles. The monoisotopic (exact) mass is 536 g/mol. The Morgan fingerprint density at radius 1 is 0.744 bits per heavy atom. The Bertz CT molecular complexity index is 1120. The van der Waals surface area contributed by atoms with Gasteiger partial charge in [-0.05, 0) is 37.8 Å². The molecule has 0 saturated carbocycles. The smallest absolute Gasteiger partial charge is 0.330 e. The number of carbonyl (C=O) groups excluding carboxylic acids is 4. The van der Waals surface area contributed by atoms with Crippen molar-refractivity contribution in [1.82, 2.24) is 10.6 Å². The first-order valence-corrected chi connectivity index (χ1v) is 12.9. The molecule has 39 heavy (non-hydrogen) atoms. The number of ether oxygens (including phenoxy) is 2. The molecule has 0 aliphatic heterocycles. The van der Waals surface area contributed by atoms with Crippen molar-refractivity contribution in [3.05, 3.63) is 96.1 Å². The summed E-state index contributed by atoms with van der Waals surface area (Å²) in [5, 5.41) is 15.9. The molecule has 2 aromatic carbocycles. The van der Waals surface area contributed by atoms with Crippen LogP contribution in [0.3, 0.4) is 0 Å². The van der Waals surface area contributed by atoms with E-state index in [4.69, 9.17) is 9.47 Å². The van der Waals surface area contributed by atoms with Crippen LogP contribution >= 0.6 is 0 Å². The van der Waals surface area contributed by atoms with Gasteiger partial charge in [-0.1, -0.05) is 72.8 Å². The van der Waals surface area contributed by atoms with Crippen molar-refractivity contribution in [2.45, 2.75) is 51.3 Å². The van der Waals surface area contributed by atoms with Crippen molar-refractivity contribution in [2.24, 2.45) is 0 Å². The highest BCUT2D eigenvalue weighted by atomic mass is 16.5. The number of nitrogens with one attached hydrogen (secondary N) is 2. The van der Waals surface area contributed by atoms with E-state index < -0.39 is 48.4 Å². The van der Waals surface area contributed by atoms with Gasteiger partial charge in [-0.15, -0.1) is 0 Å². The average Bonchev–Trinajstić information content (AvgIpc) is 2.91. The van der Waals surface area contributed by atoms with Crippen molar-refractivity contribution in [2.75, 3.05) is 13.2 Å². The second-order valence-corrected chi connectivity index (χ2v) is 8.61. The minimum Gasteiger partial charge on any atom is -0.463 e. The van der Waals surface area contributed by atoms with Gasteiger partial charge in [0.25, 0.3) is 0 Å². The van der Waals surface area contributed by atoms with Crippen molar-refractivity contribution in [3.8, 4) is 0 Å². The molecule has 0 unspecified atom stereocenters. The molecule has 3 N–H and O–H groups in total. The molecule has 0 saturated heterocycles. The van der Waals surface area contributed by atoms with Crippen LogP contribution in [0.2, 0.25) is 0 Å². The summed E-state index contributed by atoms with van der Waals surface area (Å²) < 4.78 is 9.81. The van der Waals surface area contributed by atoms with E-state index in [1.807, 2.05) is 60.7 Å². The fourth-order valence-electron chi connectivity index (χ4n) is 3.65. The number of benzene rings is 2. The van der Waals surface area contributed by atoms with Crippen LogP contribution in [0.15, 0.2) is 85.0 Å². The summed E-state index contributed by atoms with van der Waals surface area (Å²) in [6.45, 7) is 3.82. The number of aliphatic hydroxyl groups is 1. The zero-order valence-corrected chi connectivity index (χ0v) is 22.2. The highest BCUT2D eigenvalue weighted by Crippen LogP contribution is 2.08. The Hall–Kier alpha value is -4.24. The third-order valence-corrected chi connectivity index (χ3v) is 5.45. The van der Waals surface area contributed by atoms with Crippen LogP contribution in [0, 0.1) is 0 Å². The highest BCUT2D eigenvalue weighted by molar-refractivity contribution is 5.88. The number of esters is 2. The molecule has 0 aromatic heterocycles. The van der Waals surface area contributed by atoms with E-state index in [1.165, 1.54) is 24.3 Å². The van der Waals surface area contributed by atoms with Crippen molar-refractivity contribution in [1.29, 1.82) is 0 Å². The summed E-state index contributed by atoms with van der Waals surface area (Å²) in [4.78, 5) is 49.0. The van der Waals surface area contributed by atoms with E-state index in [0.717, 1.165) is 11.1 Å². The van der Waals surface area contributed by atoms with Crippen molar-refractivity contribution >= 4 is 23.8 Å². The second kappa shape index (κ2) is 17.3. The minimum absolute atomic E-state index is 0.215. The van der Waals surface area contributed by atoms with Crippen molar-refractivity contribution < 1.29 is 33.8 Å². The fraction of sp³-hybridized carbons (Fsp3) is 0.333. The first-order chi connectivity index (χ1) is 18.8. The van der Waals surface area contributed by atoms with Gasteiger partial charge in [0, 0.05) is 12.2 Å². The van der Waals surface area contributed by atoms with Crippen LogP contribution in [-0.2, 0) is 41.5 Å². The molecule has 0 radical (unpaired) electrons. The molecule has 0 spiro atoms. The predicted molar refractivity (Wildman–Crippen MR) is 146 cm³/mol. The zero-order chi connectivity index (χ0) is 28.5. The maximum atomic E-state index is 12.7. The Morgan fingerprint density at radius 2 is 1.18 bits per heavy atom. The van der Waals surface area contributed by atoms with Crippen LogP contribution in [0.5, 0.6) is 0 Å². The SMILES string of the molecule is CCOC(=O)/C=C/[C@H](Cc1ccccc1)NC(=O)C[C@H](O)C(=O)N[C@@H](/C=C/C(=O)OCC)Cc1ccccc1. The summed E-state index contributed by atoms with van der Waals surface area (Å²) in [6, 6.07) is 17.5. The molecular weight excluding hydrogens is 500 g/mol. The minimum atomic E-state index is -1.63. The maximum Gasteiger partial charge on any atom is 0.330 e. The van der Waals surface area contributed by atoms with Gasteiger partial charge in [0.15, 0.2) is 0 Å². The largest absolute Gasteiger partial charge is 0.463 e. The van der Waals surface area contributed by atoms with Crippen molar-refractivity contribution in [3.63, 3.8) is 0 Å². The van der Waals surface area contributed by atoms with E-state index in [9.17, 15) is 24.3 Å². The van der Waals surface area contributed by atoms with E-state index in [1.54, 1.807) is 13.8 Å². The predicted octanol–water partition coefficient (Wildman–Crippen LogP) is 2.43. The molecule has 3 atom stereocenters. The van der Waals surface area contributed by atoms with Crippen LogP contribution < -0.4 is 10.6 Å². The third-order valence-electron chi connectivity index (χ3n) is 5.45. The Kier molecular flexibility index (Phi) is 13.7. The van der Waals surface area contributed by atoms with Gasteiger partial charge in [-0.3, -0.25) is 9.59 Å². The molecule has 0 heterocycles. The number of rotatable bonds is 15.